The van der Waals surface area contributed by atoms with Crippen molar-refractivity contribution in [2.24, 2.45) is 0 Å². The van der Waals surface area contributed by atoms with Crippen molar-refractivity contribution in [3.63, 3.8) is 0 Å². The van der Waals surface area contributed by atoms with Gasteiger partial charge in [0.2, 0.25) is 5.65 Å². The second-order valence-corrected chi connectivity index (χ2v) is 6.05. The van der Waals surface area contributed by atoms with E-state index in [1.165, 1.54) is 16.8 Å². The number of imidazole rings is 1. The van der Waals surface area contributed by atoms with Crippen LogP contribution in [0.25, 0.3) is 22.4 Å². The number of nitrogens with one attached hydrogen (secondary N) is 2. The van der Waals surface area contributed by atoms with Crippen LogP contribution < -0.4 is 11.2 Å². The van der Waals surface area contributed by atoms with Gasteiger partial charge in [-0.2, -0.15) is 13.2 Å². The molecule has 0 amide bonds. The Hall–Kier alpha value is -3.37. The Morgan fingerprint density at radius 3 is 2.63 bits per heavy atom. The van der Waals surface area contributed by atoms with Gasteiger partial charge >= 0.3 is 11.9 Å². The van der Waals surface area contributed by atoms with E-state index in [2.05, 4.69) is 20.2 Å². The van der Waals surface area contributed by atoms with Crippen LogP contribution >= 0.6 is 0 Å². The third-order valence-electron chi connectivity index (χ3n) is 4.26. The van der Waals surface area contributed by atoms with Gasteiger partial charge in [0.05, 0.1) is 28.0 Å². The van der Waals surface area contributed by atoms with E-state index in [0.717, 1.165) is 10.5 Å². The van der Waals surface area contributed by atoms with Gasteiger partial charge < -0.3 is 9.55 Å². The Bertz CT molecular complexity index is 1310. The monoisotopic (exact) mass is 378 g/mol. The molecule has 0 fully saturated rings. The molecule has 27 heavy (non-hydrogen) atoms. The second-order valence-electron chi connectivity index (χ2n) is 6.05. The summed E-state index contributed by atoms with van der Waals surface area (Å²) in [5.41, 5.74) is -2.31. The lowest BCUT2D eigenvalue weighted by Gasteiger charge is -2.16. The summed E-state index contributed by atoms with van der Waals surface area (Å²) in [5.74, 6) is 0.442. The van der Waals surface area contributed by atoms with Crippen molar-refractivity contribution in [2.75, 3.05) is 0 Å². The van der Waals surface area contributed by atoms with E-state index >= 15 is 0 Å². The number of hydrogen-bond acceptors (Lipinski definition) is 4. The number of aryl methyl sites for hydroxylation is 2. The second kappa shape index (κ2) is 5.56. The van der Waals surface area contributed by atoms with Gasteiger partial charge in [-0.05, 0) is 19.1 Å². The van der Waals surface area contributed by atoms with Gasteiger partial charge in [0.25, 0.3) is 5.56 Å². The van der Waals surface area contributed by atoms with Gasteiger partial charge in [0.1, 0.15) is 5.82 Å². The smallest absolute Gasteiger partial charge is 0.317 e. The predicted molar refractivity (Wildman–Crippen MR) is 90.2 cm³/mol. The average Bonchev–Trinajstić information content (AvgIpc) is 3.16. The SMILES string of the molecule is CCc1nc(C)cn1-c1cc2c(cc1C(F)(F)F)[nH]c(=O)c1n[nH]c(=O)n12. The van der Waals surface area contributed by atoms with Crippen LogP contribution in [0.4, 0.5) is 13.2 Å². The highest BCUT2D eigenvalue weighted by Crippen LogP contribution is 2.36. The molecular weight excluding hydrogens is 365 g/mol. The summed E-state index contributed by atoms with van der Waals surface area (Å²) in [4.78, 5) is 30.7. The Morgan fingerprint density at radius 2 is 1.96 bits per heavy atom. The molecule has 0 saturated carbocycles. The number of H-pyrrole nitrogens is 2. The quantitative estimate of drug-likeness (QED) is 0.557. The standard InChI is InChI=1S/C16H13F3N6O2/c1-3-12-20-7(2)6-24(12)10-5-11-9(4-8(10)16(17,18)19)21-14(26)13-22-23-15(27)25(11)13/h4-6H,3H2,1-2H3,(H,21,26)(H,23,27). The molecule has 4 rings (SSSR count). The molecule has 140 valence electrons. The van der Waals surface area contributed by atoms with Crippen molar-refractivity contribution >= 4 is 16.7 Å². The first-order valence-corrected chi connectivity index (χ1v) is 8.00. The van der Waals surface area contributed by atoms with Crippen molar-refractivity contribution < 1.29 is 13.2 Å². The van der Waals surface area contributed by atoms with E-state index in [1.54, 1.807) is 13.8 Å². The number of fused-ring (bicyclic) bond motifs is 3. The van der Waals surface area contributed by atoms with Crippen molar-refractivity contribution in [2.45, 2.75) is 26.4 Å². The maximum atomic E-state index is 13.7. The molecule has 0 radical (unpaired) electrons. The molecule has 0 saturated heterocycles. The molecule has 4 aromatic rings. The Morgan fingerprint density at radius 1 is 1.22 bits per heavy atom. The highest BCUT2D eigenvalue weighted by atomic mass is 19.4. The fraction of sp³-hybridized carbons (Fsp3) is 0.250. The summed E-state index contributed by atoms with van der Waals surface area (Å²) in [6, 6.07) is 2.03. The average molecular weight is 378 g/mol. The fourth-order valence-corrected chi connectivity index (χ4v) is 3.15. The number of benzene rings is 1. The molecule has 0 atom stereocenters. The number of rotatable bonds is 2. The maximum Gasteiger partial charge on any atom is 0.418 e. The van der Waals surface area contributed by atoms with E-state index < -0.39 is 23.0 Å². The zero-order valence-corrected chi connectivity index (χ0v) is 14.2. The van der Waals surface area contributed by atoms with Crippen LogP contribution in [0.15, 0.2) is 27.9 Å². The normalized spacial score (nSPS) is 12.3. The minimum atomic E-state index is -4.68. The number of aromatic nitrogens is 6. The molecule has 11 heteroatoms. The molecule has 3 aromatic heterocycles. The number of halogens is 3. The van der Waals surface area contributed by atoms with Gasteiger partial charge in [-0.3, -0.25) is 4.79 Å². The van der Waals surface area contributed by atoms with Crippen LogP contribution in [0.5, 0.6) is 0 Å². The van der Waals surface area contributed by atoms with Crippen LogP contribution in [0.2, 0.25) is 0 Å². The van der Waals surface area contributed by atoms with Gasteiger partial charge in [-0.1, -0.05) is 6.92 Å². The van der Waals surface area contributed by atoms with Crippen molar-refractivity contribution in [3.05, 3.63) is 56.2 Å². The Labute approximate surface area is 148 Å². The molecule has 3 heterocycles. The number of aromatic amines is 2. The van der Waals surface area contributed by atoms with Crippen molar-refractivity contribution in [3.8, 4) is 5.69 Å². The first kappa shape index (κ1) is 17.1. The third-order valence-corrected chi connectivity index (χ3v) is 4.26. The highest BCUT2D eigenvalue weighted by molar-refractivity contribution is 5.81. The van der Waals surface area contributed by atoms with Crippen molar-refractivity contribution in [1.29, 1.82) is 0 Å². The maximum absolute atomic E-state index is 13.7. The molecule has 1 aromatic carbocycles. The first-order valence-electron chi connectivity index (χ1n) is 8.00. The molecule has 0 aliphatic rings. The van der Waals surface area contributed by atoms with Gasteiger partial charge in [-0.25, -0.2) is 19.3 Å². The number of nitrogens with zero attached hydrogens (tertiary/aromatic N) is 4. The summed E-state index contributed by atoms with van der Waals surface area (Å²) in [5, 5.41) is 5.76. The van der Waals surface area contributed by atoms with Gasteiger partial charge in [-0.15, -0.1) is 5.10 Å². The van der Waals surface area contributed by atoms with E-state index in [1.807, 2.05) is 0 Å². The summed E-state index contributed by atoms with van der Waals surface area (Å²) in [6.45, 7) is 3.46. The Balaban J connectivity index is 2.20. The van der Waals surface area contributed by atoms with E-state index in [-0.39, 0.29) is 22.4 Å². The number of alkyl halides is 3. The fourth-order valence-electron chi connectivity index (χ4n) is 3.15. The van der Waals surface area contributed by atoms with Crippen LogP contribution in [0.1, 0.15) is 24.0 Å². The topological polar surface area (TPSA) is 101 Å². The summed E-state index contributed by atoms with van der Waals surface area (Å²) in [7, 11) is 0. The zero-order chi connectivity index (χ0) is 19.5. The zero-order valence-electron chi connectivity index (χ0n) is 14.2. The molecule has 8 nitrogen and oxygen atoms in total. The third kappa shape index (κ3) is 2.54. The molecule has 0 unspecified atom stereocenters. The first-order chi connectivity index (χ1) is 12.7. The lowest BCUT2D eigenvalue weighted by atomic mass is 10.1. The van der Waals surface area contributed by atoms with E-state index in [4.69, 9.17) is 0 Å². The van der Waals surface area contributed by atoms with E-state index in [0.29, 0.717) is 17.9 Å². The molecule has 0 bridgehead atoms. The summed E-state index contributed by atoms with van der Waals surface area (Å²) in [6.07, 6.45) is -2.77. The summed E-state index contributed by atoms with van der Waals surface area (Å²) >= 11 is 0. The summed E-state index contributed by atoms with van der Waals surface area (Å²) < 4.78 is 43.5. The van der Waals surface area contributed by atoms with Crippen LogP contribution in [0, 0.1) is 6.92 Å². The molecule has 0 aliphatic heterocycles. The molecule has 0 spiro atoms. The van der Waals surface area contributed by atoms with Crippen LogP contribution in [0.3, 0.4) is 0 Å². The minimum Gasteiger partial charge on any atom is -0.317 e. The predicted octanol–water partition coefficient (Wildman–Crippen LogP) is 1.94. The Kier molecular flexibility index (Phi) is 3.52. The van der Waals surface area contributed by atoms with Gasteiger partial charge in [0, 0.05) is 12.6 Å². The number of hydrogen-bond donors (Lipinski definition) is 2. The highest BCUT2D eigenvalue weighted by Gasteiger charge is 2.35. The molecule has 2 N–H and O–H groups in total. The lowest BCUT2D eigenvalue weighted by molar-refractivity contribution is -0.137. The van der Waals surface area contributed by atoms with Crippen LogP contribution in [-0.4, -0.2) is 29.1 Å². The largest absolute Gasteiger partial charge is 0.418 e. The minimum absolute atomic E-state index is 0.0970. The van der Waals surface area contributed by atoms with E-state index in [9.17, 15) is 22.8 Å². The molecule has 0 aliphatic carbocycles. The van der Waals surface area contributed by atoms with Gasteiger partial charge in [0.15, 0.2) is 0 Å². The molecular formula is C16H13F3N6O2. The van der Waals surface area contributed by atoms with Crippen molar-refractivity contribution in [1.82, 2.24) is 29.1 Å². The lowest BCUT2D eigenvalue weighted by Crippen LogP contribution is -2.19. The van der Waals surface area contributed by atoms with Crippen LogP contribution in [-0.2, 0) is 12.6 Å².